The second kappa shape index (κ2) is 6.51. The fourth-order valence-corrected chi connectivity index (χ4v) is 1.60. The first-order valence-corrected chi connectivity index (χ1v) is 6.27. The summed E-state index contributed by atoms with van der Waals surface area (Å²) in [5, 5.41) is 13.5. The Morgan fingerprint density at radius 3 is 2.38 bits per heavy atom. The van der Waals surface area contributed by atoms with Crippen molar-refractivity contribution in [3.63, 3.8) is 0 Å². The molecule has 1 N–H and O–H groups in total. The fraction of sp³-hybridized carbons (Fsp3) is 0.133. The van der Waals surface area contributed by atoms with Gasteiger partial charge in [-0.3, -0.25) is 4.79 Å². The second-order valence-corrected chi connectivity index (χ2v) is 4.44. The van der Waals surface area contributed by atoms with Gasteiger partial charge < -0.3 is 15.3 Å². The third kappa shape index (κ3) is 4.31. The Hall–Kier alpha value is -2.89. The van der Waals surface area contributed by atoms with Gasteiger partial charge in [0.15, 0.2) is 19.0 Å². The largest absolute Gasteiger partial charge is 0.619 e. The van der Waals surface area contributed by atoms with Crippen molar-refractivity contribution >= 4 is 17.6 Å². The van der Waals surface area contributed by atoms with Gasteiger partial charge in [-0.2, -0.15) is 4.73 Å². The maximum atomic E-state index is 11.6. The molecule has 0 radical (unpaired) electrons. The lowest BCUT2D eigenvalue weighted by Crippen LogP contribution is -2.25. The number of pyridine rings is 1. The van der Waals surface area contributed by atoms with E-state index in [0.717, 1.165) is 5.56 Å². The van der Waals surface area contributed by atoms with Crippen molar-refractivity contribution in [2.75, 3.05) is 11.9 Å². The van der Waals surface area contributed by atoms with E-state index in [2.05, 4.69) is 5.32 Å². The molecule has 0 saturated heterocycles. The van der Waals surface area contributed by atoms with Crippen molar-refractivity contribution in [1.82, 2.24) is 0 Å². The highest BCUT2D eigenvalue weighted by atomic mass is 16.5. The number of aryl methyl sites for hydroxylation is 1. The summed E-state index contributed by atoms with van der Waals surface area (Å²) in [6, 6.07) is 9.91. The number of carbonyl (C=O) groups excluding carboxylic acids is 2. The number of amides is 1. The summed E-state index contributed by atoms with van der Waals surface area (Å²) in [6.45, 7) is 1.55. The molecule has 1 heterocycles. The quantitative estimate of drug-likeness (QED) is 0.523. The number of esters is 1. The third-order valence-electron chi connectivity index (χ3n) is 2.71. The van der Waals surface area contributed by atoms with Gasteiger partial charge in [0.25, 0.3) is 5.91 Å². The molecule has 0 aliphatic heterocycles. The smallest absolute Gasteiger partial charge is 0.339 e. The van der Waals surface area contributed by atoms with E-state index in [4.69, 9.17) is 4.74 Å². The van der Waals surface area contributed by atoms with Crippen LogP contribution in [0.4, 0.5) is 5.69 Å². The molecule has 0 bridgehead atoms. The Bertz CT molecular complexity index is 636. The van der Waals surface area contributed by atoms with E-state index in [-0.39, 0.29) is 12.2 Å². The molecule has 0 atom stereocenters. The van der Waals surface area contributed by atoms with Gasteiger partial charge in [0.2, 0.25) is 0 Å². The number of aromatic nitrogens is 1. The van der Waals surface area contributed by atoms with Gasteiger partial charge in [0, 0.05) is 17.8 Å². The van der Waals surface area contributed by atoms with Crippen LogP contribution in [0.25, 0.3) is 0 Å². The number of ether oxygens (including phenoxy) is 1. The van der Waals surface area contributed by atoms with Crippen molar-refractivity contribution in [1.29, 1.82) is 0 Å². The highest BCUT2D eigenvalue weighted by molar-refractivity contribution is 5.95. The summed E-state index contributed by atoms with van der Waals surface area (Å²) in [7, 11) is 0. The average molecular weight is 286 g/mol. The van der Waals surface area contributed by atoms with Crippen molar-refractivity contribution in [2.45, 2.75) is 6.92 Å². The van der Waals surface area contributed by atoms with Crippen LogP contribution in [-0.4, -0.2) is 18.5 Å². The van der Waals surface area contributed by atoms with E-state index in [1.165, 1.54) is 24.5 Å². The van der Waals surface area contributed by atoms with Crippen LogP contribution in [0.15, 0.2) is 48.8 Å². The molecule has 21 heavy (non-hydrogen) atoms. The van der Waals surface area contributed by atoms with Gasteiger partial charge in [0.1, 0.15) is 0 Å². The summed E-state index contributed by atoms with van der Waals surface area (Å²) >= 11 is 0. The molecule has 2 rings (SSSR count). The Balaban J connectivity index is 1.84. The van der Waals surface area contributed by atoms with Crippen LogP contribution in [0.1, 0.15) is 15.9 Å². The molecule has 0 unspecified atom stereocenters. The zero-order chi connectivity index (χ0) is 15.2. The Morgan fingerprint density at radius 2 is 1.76 bits per heavy atom. The maximum absolute atomic E-state index is 11.6. The third-order valence-corrected chi connectivity index (χ3v) is 2.71. The van der Waals surface area contributed by atoms with Crippen molar-refractivity contribution in [3.8, 4) is 0 Å². The molecule has 0 spiro atoms. The van der Waals surface area contributed by atoms with Crippen LogP contribution in [0.5, 0.6) is 0 Å². The predicted molar refractivity (Wildman–Crippen MR) is 75.5 cm³/mol. The first-order chi connectivity index (χ1) is 10.0. The topological polar surface area (TPSA) is 82.3 Å². The van der Waals surface area contributed by atoms with Gasteiger partial charge in [-0.1, -0.05) is 17.7 Å². The van der Waals surface area contributed by atoms with Crippen LogP contribution >= 0.6 is 0 Å². The van der Waals surface area contributed by atoms with E-state index < -0.39 is 11.9 Å². The minimum atomic E-state index is -0.658. The lowest BCUT2D eigenvalue weighted by molar-refractivity contribution is -0.605. The summed E-state index contributed by atoms with van der Waals surface area (Å²) in [5.41, 5.74) is 1.93. The highest BCUT2D eigenvalue weighted by Gasteiger charge is 2.11. The standard InChI is InChI=1S/C15H14N2O4/c1-11-2-4-13(5-3-11)16-14(18)10-21-15(19)12-6-8-17(20)9-7-12/h2-9H,10H2,1H3,(H,16,18). The number of anilines is 1. The molecule has 6 heteroatoms. The lowest BCUT2D eigenvalue weighted by atomic mass is 10.2. The summed E-state index contributed by atoms with van der Waals surface area (Å²) in [4.78, 5) is 23.3. The molecule has 0 saturated carbocycles. The van der Waals surface area contributed by atoms with E-state index in [9.17, 15) is 14.8 Å². The van der Waals surface area contributed by atoms with E-state index >= 15 is 0 Å². The number of hydrogen-bond acceptors (Lipinski definition) is 4. The van der Waals surface area contributed by atoms with Crippen LogP contribution in [0.2, 0.25) is 0 Å². The Kier molecular flexibility index (Phi) is 4.50. The average Bonchev–Trinajstić information content (AvgIpc) is 2.48. The number of nitrogens with zero attached hydrogens (tertiary/aromatic N) is 1. The molecule has 1 aromatic carbocycles. The minimum Gasteiger partial charge on any atom is -0.619 e. The number of hydrogen-bond donors (Lipinski definition) is 1. The normalized spacial score (nSPS) is 9.95. The van der Waals surface area contributed by atoms with Gasteiger partial charge in [-0.25, -0.2) is 4.79 Å². The molecule has 0 aliphatic carbocycles. The van der Waals surface area contributed by atoms with Crippen molar-refractivity contribution in [2.24, 2.45) is 0 Å². The lowest BCUT2D eigenvalue weighted by Gasteiger charge is -2.06. The Labute approximate surface area is 121 Å². The van der Waals surface area contributed by atoms with Gasteiger partial charge in [-0.15, -0.1) is 0 Å². The first kappa shape index (κ1) is 14.5. The molecule has 0 fully saturated rings. The van der Waals surface area contributed by atoms with E-state index in [1.807, 2.05) is 19.1 Å². The van der Waals surface area contributed by atoms with Crippen LogP contribution in [0.3, 0.4) is 0 Å². The van der Waals surface area contributed by atoms with Gasteiger partial charge in [-0.05, 0) is 19.1 Å². The second-order valence-electron chi connectivity index (χ2n) is 4.44. The van der Waals surface area contributed by atoms with E-state index in [1.54, 1.807) is 12.1 Å². The molecule has 2 aromatic rings. The van der Waals surface area contributed by atoms with Gasteiger partial charge in [0.05, 0.1) is 5.56 Å². The van der Waals surface area contributed by atoms with E-state index in [0.29, 0.717) is 10.4 Å². The SMILES string of the molecule is Cc1ccc(NC(=O)COC(=O)c2cc[n+]([O-])cc2)cc1. The van der Waals surface area contributed by atoms with Crippen molar-refractivity contribution in [3.05, 3.63) is 65.1 Å². The van der Waals surface area contributed by atoms with Gasteiger partial charge >= 0.3 is 5.97 Å². The number of carbonyl (C=O) groups is 2. The first-order valence-electron chi connectivity index (χ1n) is 6.27. The zero-order valence-electron chi connectivity index (χ0n) is 11.4. The summed E-state index contributed by atoms with van der Waals surface area (Å²) < 4.78 is 5.42. The van der Waals surface area contributed by atoms with Crippen LogP contribution < -0.4 is 10.0 Å². The number of nitrogens with one attached hydrogen (secondary N) is 1. The molecule has 6 nitrogen and oxygen atoms in total. The molecular weight excluding hydrogens is 272 g/mol. The summed E-state index contributed by atoms with van der Waals surface area (Å²) in [6.07, 6.45) is 2.37. The molecular formula is C15H14N2O4. The minimum absolute atomic E-state index is 0.213. The molecule has 1 aromatic heterocycles. The monoisotopic (exact) mass is 286 g/mol. The molecule has 108 valence electrons. The number of benzene rings is 1. The molecule has 1 amide bonds. The molecule has 0 aliphatic rings. The fourth-order valence-electron chi connectivity index (χ4n) is 1.60. The van der Waals surface area contributed by atoms with Crippen LogP contribution in [-0.2, 0) is 9.53 Å². The predicted octanol–water partition coefficient (Wildman–Crippen LogP) is 1.42. The highest BCUT2D eigenvalue weighted by Crippen LogP contribution is 2.08. The summed E-state index contributed by atoms with van der Waals surface area (Å²) in [5.74, 6) is -1.09. The zero-order valence-corrected chi connectivity index (χ0v) is 11.4. The van der Waals surface area contributed by atoms with Crippen molar-refractivity contribution < 1.29 is 19.1 Å². The van der Waals surface area contributed by atoms with Crippen LogP contribution in [0, 0.1) is 12.1 Å². The Morgan fingerprint density at radius 1 is 1.14 bits per heavy atom. The number of rotatable bonds is 4. The maximum Gasteiger partial charge on any atom is 0.339 e.